The Morgan fingerprint density at radius 2 is 0.867 bits per heavy atom. The van der Waals surface area contributed by atoms with Crippen LogP contribution in [0.3, 0.4) is 0 Å². The first kappa shape index (κ1) is 25.1. The maximum Gasteiger partial charge on any atom is 0.312 e. The minimum Gasteiger partial charge on any atom is -0.463 e. The first-order valence-corrected chi connectivity index (χ1v) is 9.62. The summed E-state index contributed by atoms with van der Waals surface area (Å²) in [5.74, 6) is -3.95. The molecule has 168 valence electrons. The average molecular weight is 426 g/mol. The van der Waals surface area contributed by atoms with Crippen molar-refractivity contribution in [3.8, 4) is 0 Å². The fourth-order valence-corrected chi connectivity index (χ4v) is 3.17. The molecule has 1 aliphatic carbocycles. The van der Waals surface area contributed by atoms with Crippen LogP contribution >= 0.6 is 0 Å². The van der Waals surface area contributed by atoms with Crippen molar-refractivity contribution in [3.63, 3.8) is 0 Å². The Morgan fingerprint density at radius 1 is 0.633 bits per heavy atom. The molecule has 1 aliphatic rings. The summed E-state index contributed by atoms with van der Waals surface area (Å²) < 4.78 is 30.6. The smallest absolute Gasteiger partial charge is 0.312 e. The second-order valence-electron chi connectivity index (χ2n) is 6.72. The third-order valence-corrected chi connectivity index (χ3v) is 4.42. The van der Waals surface area contributed by atoms with E-state index in [0.29, 0.717) is 0 Å². The van der Waals surface area contributed by atoms with Crippen LogP contribution in [0.2, 0.25) is 0 Å². The lowest BCUT2D eigenvalue weighted by atomic mass is 9.75. The molecule has 1 fully saturated rings. The first-order chi connectivity index (χ1) is 14.2. The fourth-order valence-electron chi connectivity index (χ4n) is 3.17. The molecule has 1 saturated carbocycles. The summed E-state index contributed by atoms with van der Waals surface area (Å²) >= 11 is 0. The van der Waals surface area contributed by atoms with Gasteiger partial charge < -0.3 is 28.4 Å². The molecule has 9 heteroatoms. The Kier molecular flexibility index (Phi) is 10.5. The van der Waals surface area contributed by atoms with E-state index in [9.17, 15) is 14.4 Å². The molecule has 9 nitrogen and oxygen atoms in total. The van der Waals surface area contributed by atoms with Crippen LogP contribution in [0.15, 0.2) is 38.5 Å². The Hall–Kier alpha value is -2.97. The zero-order valence-corrected chi connectivity index (χ0v) is 17.6. The van der Waals surface area contributed by atoms with Gasteiger partial charge in [0.15, 0.2) is 0 Å². The van der Waals surface area contributed by atoms with Crippen molar-refractivity contribution >= 4 is 17.9 Å². The molecule has 3 atom stereocenters. The number of carbonyl (C=O) groups excluding carboxylic acids is 3. The van der Waals surface area contributed by atoms with Crippen LogP contribution in [0.5, 0.6) is 0 Å². The summed E-state index contributed by atoms with van der Waals surface area (Å²) in [6.45, 7) is 14.8. The summed E-state index contributed by atoms with van der Waals surface area (Å²) in [7, 11) is 0. The predicted molar refractivity (Wildman–Crippen MR) is 105 cm³/mol. The highest BCUT2D eigenvalue weighted by Crippen LogP contribution is 2.36. The normalized spacial score (nSPS) is 23.5. The molecule has 0 spiro atoms. The number of rotatable bonds is 12. The summed E-state index contributed by atoms with van der Waals surface area (Å²) in [6.07, 6.45) is 1.37. The van der Waals surface area contributed by atoms with Crippen molar-refractivity contribution in [2.45, 2.75) is 58.9 Å². The Bertz CT molecular complexity index is 538. The Morgan fingerprint density at radius 3 is 1.07 bits per heavy atom. The van der Waals surface area contributed by atoms with Crippen molar-refractivity contribution < 1.29 is 42.8 Å². The number of esters is 3. The zero-order chi connectivity index (χ0) is 22.7. The Balaban J connectivity index is 2.91. The zero-order valence-electron chi connectivity index (χ0n) is 17.6. The highest BCUT2D eigenvalue weighted by Gasteiger charge is 2.42. The van der Waals surface area contributed by atoms with Crippen molar-refractivity contribution in [1.29, 1.82) is 0 Å². The van der Waals surface area contributed by atoms with Gasteiger partial charge in [0.05, 0.1) is 36.5 Å². The number of hydrogen-bond donors (Lipinski definition) is 0. The molecule has 0 aliphatic heterocycles. The SMILES string of the molecule is C=COC(C)OC(=O)C1CC(C(=O)OC(C)OC=C)CC(C(=O)OC(C)OC=C)C1. The topological polar surface area (TPSA) is 107 Å². The monoisotopic (exact) mass is 426 g/mol. The lowest BCUT2D eigenvalue weighted by molar-refractivity contribution is -0.182. The van der Waals surface area contributed by atoms with Crippen LogP contribution in [-0.4, -0.2) is 36.8 Å². The van der Waals surface area contributed by atoms with E-state index in [0.717, 1.165) is 18.8 Å². The molecular weight excluding hydrogens is 396 g/mol. The van der Waals surface area contributed by atoms with Gasteiger partial charge in [-0.25, -0.2) is 0 Å². The summed E-state index contributed by atoms with van der Waals surface area (Å²) in [4.78, 5) is 37.7. The Labute approximate surface area is 176 Å². The van der Waals surface area contributed by atoms with E-state index in [1.54, 1.807) is 0 Å². The van der Waals surface area contributed by atoms with Crippen LogP contribution in [0.4, 0.5) is 0 Å². The maximum absolute atomic E-state index is 12.6. The van der Waals surface area contributed by atoms with Gasteiger partial charge in [-0.3, -0.25) is 14.4 Å². The fraction of sp³-hybridized carbons (Fsp3) is 0.571. The molecule has 0 saturated heterocycles. The van der Waals surface area contributed by atoms with E-state index in [2.05, 4.69) is 19.7 Å². The van der Waals surface area contributed by atoms with E-state index < -0.39 is 54.5 Å². The maximum atomic E-state index is 12.6. The molecule has 0 aromatic carbocycles. The summed E-state index contributed by atoms with van der Waals surface area (Å²) in [6, 6.07) is 0. The van der Waals surface area contributed by atoms with Gasteiger partial charge in [0.2, 0.25) is 18.9 Å². The molecule has 3 unspecified atom stereocenters. The molecule has 0 heterocycles. The molecule has 0 amide bonds. The first-order valence-electron chi connectivity index (χ1n) is 9.62. The molecule has 1 rings (SSSR count). The van der Waals surface area contributed by atoms with Gasteiger partial charge in [-0.15, -0.1) is 0 Å². The number of hydrogen-bond acceptors (Lipinski definition) is 9. The van der Waals surface area contributed by atoms with Crippen LogP contribution in [-0.2, 0) is 42.8 Å². The summed E-state index contributed by atoms with van der Waals surface area (Å²) in [5, 5.41) is 0. The van der Waals surface area contributed by atoms with E-state index >= 15 is 0 Å². The predicted octanol–water partition coefficient (Wildman–Crippen LogP) is 3.17. The van der Waals surface area contributed by atoms with Gasteiger partial charge in [0.1, 0.15) is 0 Å². The van der Waals surface area contributed by atoms with Gasteiger partial charge in [-0.2, -0.15) is 0 Å². The van der Waals surface area contributed by atoms with E-state index in [4.69, 9.17) is 28.4 Å². The van der Waals surface area contributed by atoms with E-state index in [1.807, 2.05) is 0 Å². The average Bonchev–Trinajstić information content (AvgIpc) is 2.67. The highest BCUT2D eigenvalue weighted by atomic mass is 16.7. The van der Waals surface area contributed by atoms with Crippen molar-refractivity contribution in [2.24, 2.45) is 17.8 Å². The minimum absolute atomic E-state index is 0.155. The van der Waals surface area contributed by atoms with E-state index in [-0.39, 0.29) is 19.3 Å². The largest absolute Gasteiger partial charge is 0.463 e. The van der Waals surface area contributed by atoms with Gasteiger partial charge in [0.25, 0.3) is 0 Å². The van der Waals surface area contributed by atoms with Gasteiger partial charge in [-0.05, 0) is 19.3 Å². The van der Waals surface area contributed by atoms with Crippen LogP contribution < -0.4 is 0 Å². The third kappa shape index (κ3) is 8.18. The minimum atomic E-state index is -0.852. The quantitative estimate of drug-likeness (QED) is 0.201. The van der Waals surface area contributed by atoms with Gasteiger partial charge in [0, 0.05) is 20.8 Å². The summed E-state index contributed by atoms with van der Waals surface area (Å²) in [5.41, 5.74) is 0. The lowest BCUT2D eigenvalue weighted by Crippen LogP contribution is -2.39. The second kappa shape index (κ2) is 12.6. The van der Waals surface area contributed by atoms with Gasteiger partial charge in [-0.1, -0.05) is 19.7 Å². The second-order valence-corrected chi connectivity index (χ2v) is 6.72. The highest BCUT2D eigenvalue weighted by molar-refractivity contribution is 5.80. The number of carbonyl (C=O) groups is 3. The van der Waals surface area contributed by atoms with Crippen LogP contribution in [0.25, 0.3) is 0 Å². The van der Waals surface area contributed by atoms with Crippen molar-refractivity contribution in [2.75, 3.05) is 0 Å². The lowest BCUT2D eigenvalue weighted by Gasteiger charge is -2.32. The standard InChI is InChI=1S/C21H30O9/c1-7-25-13(4)28-19(22)16-10-17(20(23)29-14(5)26-8-2)12-18(11-16)21(24)30-15(6)27-9-3/h7-9,13-18H,1-3,10-12H2,4-6H3. The van der Waals surface area contributed by atoms with E-state index in [1.165, 1.54) is 20.8 Å². The molecular formula is C21H30O9. The van der Waals surface area contributed by atoms with Crippen LogP contribution in [0.1, 0.15) is 40.0 Å². The van der Waals surface area contributed by atoms with Gasteiger partial charge >= 0.3 is 17.9 Å². The molecule has 30 heavy (non-hydrogen) atoms. The molecule has 0 aromatic rings. The number of ether oxygens (including phenoxy) is 6. The van der Waals surface area contributed by atoms with Crippen molar-refractivity contribution in [3.05, 3.63) is 38.5 Å². The molecule has 0 radical (unpaired) electrons. The molecule has 0 aromatic heterocycles. The van der Waals surface area contributed by atoms with Crippen molar-refractivity contribution in [1.82, 2.24) is 0 Å². The molecule has 0 N–H and O–H groups in total. The van der Waals surface area contributed by atoms with Crippen LogP contribution in [0, 0.1) is 17.8 Å². The third-order valence-electron chi connectivity index (χ3n) is 4.42. The molecule has 0 bridgehead atoms.